The van der Waals surface area contributed by atoms with Crippen LogP contribution in [0.25, 0.3) is 0 Å². The standard InChI is InChI=1S/C15H18N2O4/c18-14(17-5-6-21-9-13(17)15(19)20)12-7-10-3-1-2-4-11(10)8-16-12/h1-4,12-13,16H,5-9H2,(H,19,20). The molecule has 6 heteroatoms. The SMILES string of the molecule is O=C(O)C1COCCN1C(=O)C1Cc2ccccc2CN1. The first-order chi connectivity index (χ1) is 10.2. The quantitative estimate of drug-likeness (QED) is 0.802. The zero-order valence-corrected chi connectivity index (χ0v) is 11.6. The van der Waals surface area contributed by atoms with E-state index >= 15 is 0 Å². The molecule has 1 amide bonds. The van der Waals surface area contributed by atoms with Gasteiger partial charge in [0, 0.05) is 13.1 Å². The van der Waals surface area contributed by atoms with Gasteiger partial charge >= 0.3 is 5.97 Å². The number of rotatable bonds is 2. The predicted molar refractivity (Wildman–Crippen MR) is 74.7 cm³/mol. The van der Waals surface area contributed by atoms with E-state index in [1.165, 1.54) is 10.5 Å². The molecule has 0 radical (unpaired) electrons. The fraction of sp³-hybridized carbons (Fsp3) is 0.467. The summed E-state index contributed by atoms with van der Waals surface area (Å²) in [4.78, 5) is 25.3. The summed E-state index contributed by atoms with van der Waals surface area (Å²) in [6, 6.07) is 6.75. The second-order valence-corrected chi connectivity index (χ2v) is 5.37. The van der Waals surface area contributed by atoms with Crippen LogP contribution >= 0.6 is 0 Å². The van der Waals surface area contributed by atoms with Gasteiger partial charge in [-0.15, -0.1) is 0 Å². The largest absolute Gasteiger partial charge is 0.480 e. The second-order valence-electron chi connectivity index (χ2n) is 5.37. The highest BCUT2D eigenvalue weighted by atomic mass is 16.5. The van der Waals surface area contributed by atoms with Crippen LogP contribution in [-0.4, -0.2) is 53.7 Å². The van der Waals surface area contributed by atoms with Crippen molar-refractivity contribution in [1.29, 1.82) is 0 Å². The van der Waals surface area contributed by atoms with E-state index in [-0.39, 0.29) is 18.6 Å². The molecule has 0 bridgehead atoms. The van der Waals surface area contributed by atoms with Gasteiger partial charge in [-0.3, -0.25) is 4.79 Å². The normalized spacial score (nSPS) is 25.2. The van der Waals surface area contributed by atoms with Crippen LogP contribution < -0.4 is 5.32 Å². The molecule has 2 aliphatic rings. The minimum absolute atomic E-state index is 0.0599. The molecule has 1 aromatic rings. The summed E-state index contributed by atoms with van der Waals surface area (Å²) in [5.41, 5.74) is 2.34. The highest BCUT2D eigenvalue weighted by Gasteiger charge is 2.36. The molecule has 2 unspecified atom stereocenters. The molecule has 0 spiro atoms. The minimum Gasteiger partial charge on any atom is -0.480 e. The van der Waals surface area contributed by atoms with Gasteiger partial charge in [-0.05, 0) is 17.5 Å². The summed E-state index contributed by atoms with van der Waals surface area (Å²) in [6.07, 6.45) is 0.596. The Morgan fingerprint density at radius 2 is 2.05 bits per heavy atom. The molecule has 6 nitrogen and oxygen atoms in total. The number of nitrogens with zero attached hydrogens (tertiary/aromatic N) is 1. The summed E-state index contributed by atoms with van der Waals surface area (Å²) in [5.74, 6) is -1.17. The minimum atomic E-state index is -1.01. The third-order valence-corrected chi connectivity index (χ3v) is 4.08. The summed E-state index contributed by atoms with van der Waals surface area (Å²) in [5, 5.41) is 12.4. The van der Waals surface area contributed by atoms with Crippen molar-refractivity contribution < 1.29 is 19.4 Å². The summed E-state index contributed by atoms with van der Waals surface area (Å²) < 4.78 is 5.17. The molecule has 2 atom stereocenters. The topological polar surface area (TPSA) is 78.9 Å². The van der Waals surface area contributed by atoms with Crippen LogP contribution in [0.2, 0.25) is 0 Å². The van der Waals surface area contributed by atoms with Crippen molar-refractivity contribution in [1.82, 2.24) is 10.2 Å². The van der Waals surface area contributed by atoms with Gasteiger partial charge in [-0.2, -0.15) is 0 Å². The monoisotopic (exact) mass is 290 g/mol. The molecule has 0 saturated carbocycles. The number of carbonyl (C=O) groups excluding carboxylic acids is 1. The van der Waals surface area contributed by atoms with E-state index in [0.717, 1.165) is 5.56 Å². The van der Waals surface area contributed by atoms with Gasteiger partial charge in [-0.1, -0.05) is 24.3 Å². The van der Waals surface area contributed by atoms with E-state index in [1.807, 2.05) is 24.3 Å². The molecule has 21 heavy (non-hydrogen) atoms. The summed E-state index contributed by atoms with van der Waals surface area (Å²) in [6.45, 7) is 1.41. The van der Waals surface area contributed by atoms with Crippen LogP contribution in [0.15, 0.2) is 24.3 Å². The number of hydrogen-bond acceptors (Lipinski definition) is 4. The Balaban J connectivity index is 1.75. The zero-order chi connectivity index (χ0) is 14.8. The average Bonchev–Trinajstić information content (AvgIpc) is 2.53. The van der Waals surface area contributed by atoms with E-state index in [1.54, 1.807) is 0 Å². The van der Waals surface area contributed by atoms with Crippen LogP contribution in [0.1, 0.15) is 11.1 Å². The maximum absolute atomic E-state index is 12.6. The number of morpholine rings is 1. The van der Waals surface area contributed by atoms with Crippen LogP contribution in [0.4, 0.5) is 0 Å². The Kier molecular flexibility index (Phi) is 3.90. The molecule has 112 valence electrons. The van der Waals surface area contributed by atoms with Gasteiger partial charge < -0.3 is 20.1 Å². The lowest BCUT2D eigenvalue weighted by Gasteiger charge is -2.36. The van der Waals surface area contributed by atoms with E-state index in [2.05, 4.69) is 5.32 Å². The first-order valence-corrected chi connectivity index (χ1v) is 7.08. The van der Waals surface area contributed by atoms with Crippen LogP contribution in [0.3, 0.4) is 0 Å². The number of ether oxygens (including phenoxy) is 1. The van der Waals surface area contributed by atoms with Gasteiger partial charge in [0.25, 0.3) is 0 Å². The molecular weight excluding hydrogens is 272 g/mol. The molecule has 1 saturated heterocycles. The fourth-order valence-electron chi connectivity index (χ4n) is 2.90. The van der Waals surface area contributed by atoms with Gasteiger partial charge in [0.05, 0.1) is 19.3 Å². The molecule has 3 rings (SSSR count). The number of nitrogens with one attached hydrogen (secondary N) is 1. The van der Waals surface area contributed by atoms with Crippen molar-refractivity contribution in [2.75, 3.05) is 19.8 Å². The number of fused-ring (bicyclic) bond motifs is 1. The van der Waals surface area contributed by atoms with Crippen molar-refractivity contribution >= 4 is 11.9 Å². The Morgan fingerprint density at radius 1 is 1.29 bits per heavy atom. The lowest BCUT2D eigenvalue weighted by atomic mass is 9.95. The number of carbonyl (C=O) groups is 2. The average molecular weight is 290 g/mol. The smallest absolute Gasteiger partial charge is 0.328 e. The number of carboxylic acids is 1. The highest BCUT2D eigenvalue weighted by molar-refractivity contribution is 5.87. The van der Waals surface area contributed by atoms with Gasteiger partial charge in [0.15, 0.2) is 6.04 Å². The number of carboxylic acid groups (broad SMARTS) is 1. The zero-order valence-electron chi connectivity index (χ0n) is 11.6. The lowest BCUT2D eigenvalue weighted by molar-refractivity contribution is -0.159. The van der Waals surface area contributed by atoms with E-state index < -0.39 is 12.0 Å². The predicted octanol–water partition coefficient (Wildman–Crippen LogP) is 0.0129. The van der Waals surface area contributed by atoms with Crippen LogP contribution in [0.5, 0.6) is 0 Å². The fourth-order valence-corrected chi connectivity index (χ4v) is 2.90. The van der Waals surface area contributed by atoms with Gasteiger partial charge in [0.2, 0.25) is 5.91 Å². The number of benzene rings is 1. The van der Waals surface area contributed by atoms with E-state index in [9.17, 15) is 14.7 Å². The number of aliphatic carboxylic acids is 1. The Labute approximate surface area is 122 Å². The second kappa shape index (κ2) is 5.83. The van der Waals surface area contributed by atoms with Crippen molar-refractivity contribution in [3.05, 3.63) is 35.4 Å². The maximum Gasteiger partial charge on any atom is 0.328 e. The molecule has 0 aromatic heterocycles. The molecular formula is C15H18N2O4. The number of hydrogen-bond donors (Lipinski definition) is 2. The lowest BCUT2D eigenvalue weighted by Crippen LogP contribution is -2.58. The third kappa shape index (κ3) is 2.77. The Hall–Kier alpha value is -1.92. The van der Waals surface area contributed by atoms with Crippen molar-refractivity contribution in [3.63, 3.8) is 0 Å². The number of amides is 1. The molecule has 1 aromatic carbocycles. The Bertz CT molecular complexity index is 560. The van der Waals surface area contributed by atoms with Crippen molar-refractivity contribution in [2.45, 2.75) is 25.0 Å². The molecule has 2 aliphatic heterocycles. The van der Waals surface area contributed by atoms with Crippen LogP contribution in [-0.2, 0) is 27.3 Å². The van der Waals surface area contributed by atoms with Gasteiger partial charge in [-0.25, -0.2) is 4.79 Å². The molecule has 2 heterocycles. The van der Waals surface area contributed by atoms with Crippen molar-refractivity contribution in [3.8, 4) is 0 Å². The molecule has 2 N–H and O–H groups in total. The summed E-state index contributed by atoms with van der Waals surface area (Å²) in [7, 11) is 0. The molecule has 1 fully saturated rings. The Morgan fingerprint density at radius 3 is 2.81 bits per heavy atom. The maximum atomic E-state index is 12.6. The third-order valence-electron chi connectivity index (χ3n) is 4.08. The summed E-state index contributed by atoms with van der Waals surface area (Å²) >= 11 is 0. The first-order valence-electron chi connectivity index (χ1n) is 7.08. The van der Waals surface area contributed by atoms with Gasteiger partial charge in [0.1, 0.15) is 0 Å². The highest BCUT2D eigenvalue weighted by Crippen LogP contribution is 2.19. The first kappa shape index (κ1) is 14.0. The molecule has 0 aliphatic carbocycles. The van der Waals surface area contributed by atoms with Crippen molar-refractivity contribution in [2.24, 2.45) is 0 Å². The van der Waals surface area contributed by atoms with Crippen LogP contribution in [0, 0.1) is 0 Å². The van der Waals surface area contributed by atoms with E-state index in [4.69, 9.17) is 4.74 Å². The van der Waals surface area contributed by atoms with E-state index in [0.29, 0.717) is 26.1 Å².